The molecule has 0 rings (SSSR count). The SMILES string of the molecule is C=C(C)C(=O)OC(C)CC.C=C(C)C(N)=O. The maximum atomic E-state index is 10.8. The third kappa shape index (κ3) is 10.5. The van der Waals surface area contributed by atoms with Gasteiger partial charge < -0.3 is 10.5 Å². The molecule has 0 saturated carbocycles. The minimum atomic E-state index is -0.435. The normalized spacial score (nSPS) is 10.5. The molecule has 0 bridgehead atoms. The van der Waals surface area contributed by atoms with Crippen LogP contribution in [-0.2, 0) is 14.3 Å². The summed E-state index contributed by atoms with van der Waals surface area (Å²) >= 11 is 0. The second kappa shape index (κ2) is 8.71. The predicted molar refractivity (Wildman–Crippen MR) is 64.7 cm³/mol. The molecule has 0 radical (unpaired) electrons. The largest absolute Gasteiger partial charge is 0.459 e. The minimum Gasteiger partial charge on any atom is -0.459 e. The lowest BCUT2D eigenvalue weighted by Crippen LogP contribution is -2.13. The van der Waals surface area contributed by atoms with Crippen LogP contribution in [0.15, 0.2) is 24.3 Å². The van der Waals surface area contributed by atoms with E-state index >= 15 is 0 Å². The van der Waals surface area contributed by atoms with Crippen molar-refractivity contribution in [2.75, 3.05) is 0 Å². The summed E-state index contributed by atoms with van der Waals surface area (Å²) in [7, 11) is 0. The summed E-state index contributed by atoms with van der Waals surface area (Å²) in [4.78, 5) is 20.6. The van der Waals surface area contributed by atoms with Crippen molar-refractivity contribution in [1.29, 1.82) is 0 Å². The molecule has 92 valence electrons. The van der Waals surface area contributed by atoms with Gasteiger partial charge in [0.15, 0.2) is 0 Å². The van der Waals surface area contributed by atoms with Gasteiger partial charge in [0.25, 0.3) is 0 Å². The van der Waals surface area contributed by atoms with Gasteiger partial charge in [-0.05, 0) is 27.2 Å². The molecule has 0 fully saturated rings. The first-order valence-corrected chi connectivity index (χ1v) is 5.04. The summed E-state index contributed by atoms with van der Waals surface area (Å²) in [6, 6.07) is 0. The highest BCUT2D eigenvalue weighted by Gasteiger charge is 2.06. The first kappa shape index (κ1) is 16.8. The quantitative estimate of drug-likeness (QED) is 0.589. The van der Waals surface area contributed by atoms with Gasteiger partial charge in [-0.1, -0.05) is 20.1 Å². The number of nitrogens with two attached hydrogens (primary N) is 1. The van der Waals surface area contributed by atoms with Crippen molar-refractivity contribution in [3.63, 3.8) is 0 Å². The number of primary amides is 1. The van der Waals surface area contributed by atoms with Crippen LogP contribution in [0.2, 0.25) is 0 Å². The Morgan fingerprint density at radius 3 is 1.81 bits per heavy atom. The molecule has 1 unspecified atom stereocenters. The van der Waals surface area contributed by atoms with Gasteiger partial charge in [0.05, 0.1) is 6.10 Å². The van der Waals surface area contributed by atoms with E-state index in [-0.39, 0.29) is 12.1 Å². The first-order chi connectivity index (χ1) is 7.22. The lowest BCUT2D eigenvalue weighted by molar-refractivity contribution is -0.143. The molecule has 0 spiro atoms. The van der Waals surface area contributed by atoms with Crippen LogP contribution in [0.25, 0.3) is 0 Å². The highest BCUT2D eigenvalue weighted by molar-refractivity contribution is 5.90. The average molecular weight is 227 g/mol. The summed E-state index contributed by atoms with van der Waals surface area (Å²) in [5.41, 5.74) is 5.55. The zero-order valence-corrected chi connectivity index (χ0v) is 10.5. The summed E-state index contributed by atoms with van der Waals surface area (Å²) in [5.74, 6) is -0.732. The van der Waals surface area contributed by atoms with Gasteiger partial charge in [-0.3, -0.25) is 4.79 Å². The lowest BCUT2D eigenvalue weighted by Gasteiger charge is -2.09. The molecule has 0 aromatic heterocycles. The van der Waals surface area contributed by atoms with Crippen LogP contribution in [0.4, 0.5) is 0 Å². The van der Waals surface area contributed by atoms with Gasteiger partial charge in [0.2, 0.25) is 5.91 Å². The summed E-state index contributed by atoms with van der Waals surface area (Å²) in [6.45, 7) is 13.8. The fourth-order valence-corrected chi connectivity index (χ4v) is 0.367. The Hall–Kier alpha value is -1.58. The Labute approximate surface area is 97.2 Å². The smallest absolute Gasteiger partial charge is 0.333 e. The third-order valence-corrected chi connectivity index (χ3v) is 1.65. The molecule has 0 aliphatic heterocycles. The summed E-state index contributed by atoms with van der Waals surface area (Å²) in [6.07, 6.45) is 0.850. The molecule has 1 amide bonds. The van der Waals surface area contributed by atoms with E-state index in [0.29, 0.717) is 11.1 Å². The predicted octanol–water partition coefficient (Wildman–Crippen LogP) is 1.95. The maximum Gasteiger partial charge on any atom is 0.333 e. The maximum absolute atomic E-state index is 10.8. The second-order valence-corrected chi connectivity index (χ2v) is 3.55. The standard InChI is InChI=1S/C8H14O2.C4H7NO/c1-5-7(4)10-8(9)6(2)3;1-3(2)4(5)6/h7H,2,5H2,1,3-4H3;1H2,2H3,(H2,5,6). The number of amides is 1. The second-order valence-electron chi connectivity index (χ2n) is 3.55. The Balaban J connectivity index is 0. The molecular formula is C12H21NO3. The monoisotopic (exact) mass is 227 g/mol. The summed E-state index contributed by atoms with van der Waals surface area (Å²) in [5, 5.41) is 0. The Kier molecular flexibility index (Phi) is 9.16. The van der Waals surface area contributed by atoms with Gasteiger partial charge in [0, 0.05) is 11.1 Å². The molecule has 16 heavy (non-hydrogen) atoms. The van der Waals surface area contributed by atoms with Crippen molar-refractivity contribution in [3.05, 3.63) is 24.3 Å². The van der Waals surface area contributed by atoms with E-state index in [1.165, 1.54) is 0 Å². The van der Waals surface area contributed by atoms with Crippen LogP contribution in [0.3, 0.4) is 0 Å². The number of hydrogen-bond donors (Lipinski definition) is 1. The van der Waals surface area contributed by atoms with Crippen molar-refractivity contribution in [2.24, 2.45) is 5.73 Å². The van der Waals surface area contributed by atoms with Crippen LogP contribution in [0, 0.1) is 0 Å². The van der Waals surface area contributed by atoms with Crippen LogP contribution >= 0.6 is 0 Å². The molecule has 0 aliphatic rings. The lowest BCUT2D eigenvalue weighted by atomic mass is 10.3. The third-order valence-electron chi connectivity index (χ3n) is 1.65. The van der Waals surface area contributed by atoms with Crippen LogP contribution < -0.4 is 5.73 Å². The first-order valence-electron chi connectivity index (χ1n) is 5.04. The molecule has 4 nitrogen and oxygen atoms in total. The number of rotatable bonds is 4. The zero-order chi connectivity index (χ0) is 13.3. The molecule has 0 saturated heterocycles. The number of carbonyl (C=O) groups excluding carboxylic acids is 2. The van der Waals surface area contributed by atoms with Crippen molar-refractivity contribution >= 4 is 11.9 Å². The molecular weight excluding hydrogens is 206 g/mol. The fraction of sp³-hybridized carbons (Fsp3) is 0.500. The van der Waals surface area contributed by atoms with Crippen LogP contribution in [-0.4, -0.2) is 18.0 Å². The fourth-order valence-electron chi connectivity index (χ4n) is 0.367. The Morgan fingerprint density at radius 2 is 1.62 bits per heavy atom. The van der Waals surface area contributed by atoms with E-state index in [9.17, 15) is 9.59 Å². The van der Waals surface area contributed by atoms with Crippen molar-refractivity contribution in [3.8, 4) is 0 Å². The van der Waals surface area contributed by atoms with E-state index in [0.717, 1.165) is 6.42 Å². The molecule has 0 aliphatic carbocycles. The molecule has 2 N–H and O–H groups in total. The number of ether oxygens (including phenoxy) is 1. The van der Waals surface area contributed by atoms with Gasteiger partial charge in [-0.25, -0.2) is 4.79 Å². The van der Waals surface area contributed by atoms with Gasteiger partial charge in [0.1, 0.15) is 0 Å². The number of hydrogen-bond acceptors (Lipinski definition) is 3. The molecule has 0 aromatic carbocycles. The molecule has 0 heterocycles. The van der Waals surface area contributed by atoms with Crippen LogP contribution in [0.1, 0.15) is 34.1 Å². The summed E-state index contributed by atoms with van der Waals surface area (Å²) < 4.78 is 4.92. The van der Waals surface area contributed by atoms with E-state index in [4.69, 9.17) is 10.5 Å². The van der Waals surface area contributed by atoms with Gasteiger partial charge in [-0.2, -0.15) is 0 Å². The Bertz CT molecular complexity index is 270. The highest BCUT2D eigenvalue weighted by Crippen LogP contribution is 2.00. The molecule has 4 heteroatoms. The van der Waals surface area contributed by atoms with E-state index in [1.54, 1.807) is 13.8 Å². The number of esters is 1. The van der Waals surface area contributed by atoms with Gasteiger partial charge >= 0.3 is 5.97 Å². The van der Waals surface area contributed by atoms with Crippen molar-refractivity contribution < 1.29 is 14.3 Å². The number of carbonyl (C=O) groups is 2. The zero-order valence-electron chi connectivity index (χ0n) is 10.5. The van der Waals surface area contributed by atoms with Crippen LogP contribution in [0.5, 0.6) is 0 Å². The minimum absolute atomic E-state index is 0.00389. The van der Waals surface area contributed by atoms with E-state index in [2.05, 4.69) is 13.2 Å². The average Bonchev–Trinajstić information content (AvgIpc) is 2.18. The van der Waals surface area contributed by atoms with Gasteiger partial charge in [-0.15, -0.1) is 0 Å². The van der Waals surface area contributed by atoms with E-state index in [1.807, 2.05) is 13.8 Å². The topological polar surface area (TPSA) is 69.4 Å². The van der Waals surface area contributed by atoms with Crippen molar-refractivity contribution in [1.82, 2.24) is 0 Å². The molecule has 0 aromatic rings. The van der Waals surface area contributed by atoms with Crippen molar-refractivity contribution in [2.45, 2.75) is 40.2 Å². The Morgan fingerprint density at radius 1 is 1.25 bits per heavy atom. The highest BCUT2D eigenvalue weighted by atomic mass is 16.5. The molecule has 1 atom stereocenters. The van der Waals surface area contributed by atoms with E-state index < -0.39 is 5.91 Å².